The van der Waals surface area contributed by atoms with Crippen molar-refractivity contribution in [3.63, 3.8) is 0 Å². The van der Waals surface area contributed by atoms with Gasteiger partial charge in [0.15, 0.2) is 0 Å². The minimum atomic E-state index is -0.793. The predicted octanol–water partition coefficient (Wildman–Crippen LogP) is 4.10. The maximum Gasteiger partial charge on any atom is 0.256 e. The summed E-state index contributed by atoms with van der Waals surface area (Å²) in [5.41, 5.74) is -0.0319. The highest BCUT2D eigenvalue weighted by atomic mass is 16.5. The molecule has 0 aliphatic carbocycles. The monoisotopic (exact) mass is 406 g/mol. The van der Waals surface area contributed by atoms with Gasteiger partial charge in [0.2, 0.25) is 0 Å². The molecule has 6 heteroatoms. The Morgan fingerprint density at radius 3 is 2.52 bits per heavy atom. The first-order valence-corrected chi connectivity index (χ1v) is 11.1. The first-order valence-electron chi connectivity index (χ1n) is 11.1. The molecule has 0 saturated carbocycles. The van der Waals surface area contributed by atoms with E-state index in [0.717, 1.165) is 76.4 Å². The predicted molar refractivity (Wildman–Crippen MR) is 117 cm³/mol. The molecule has 0 radical (unpaired) electrons. The molecule has 1 N–H and O–H groups in total. The number of carbonyl (C=O) groups is 1. The van der Waals surface area contributed by atoms with E-state index in [1.54, 1.807) is 0 Å². The molecular formula is C23H38N2O4. The van der Waals surface area contributed by atoms with Crippen molar-refractivity contribution < 1.29 is 19.0 Å². The molecule has 1 heterocycles. The molecule has 0 aromatic heterocycles. The number of nitrogens with one attached hydrogen (secondary N) is 1. The van der Waals surface area contributed by atoms with Gasteiger partial charge in [-0.05, 0) is 51.0 Å². The SMILES string of the molecule is CCCCCC(C)(OCC)C(=O)Nc1ccc(OCCCN2CCOCC2)cc1. The topological polar surface area (TPSA) is 60.0 Å². The molecule has 0 bridgehead atoms. The van der Waals surface area contributed by atoms with Crippen LogP contribution in [0.15, 0.2) is 24.3 Å². The van der Waals surface area contributed by atoms with Crippen LogP contribution in [0.2, 0.25) is 0 Å². The number of anilines is 1. The normalized spacial score (nSPS) is 16.9. The number of benzene rings is 1. The van der Waals surface area contributed by atoms with Gasteiger partial charge in [0.1, 0.15) is 11.4 Å². The molecule has 2 rings (SSSR count). The highest BCUT2D eigenvalue weighted by Crippen LogP contribution is 2.23. The van der Waals surface area contributed by atoms with Crippen LogP contribution in [0.3, 0.4) is 0 Å². The third kappa shape index (κ3) is 8.33. The number of nitrogens with zero attached hydrogens (tertiary/aromatic N) is 1. The number of hydrogen-bond donors (Lipinski definition) is 1. The molecule has 6 nitrogen and oxygen atoms in total. The molecule has 1 aliphatic heterocycles. The van der Waals surface area contributed by atoms with Crippen molar-refractivity contribution in [1.82, 2.24) is 4.90 Å². The third-order valence-electron chi connectivity index (χ3n) is 5.30. The summed E-state index contributed by atoms with van der Waals surface area (Å²) in [5, 5.41) is 2.99. The Kier molecular flexibility index (Phi) is 10.5. The summed E-state index contributed by atoms with van der Waals surface area (Å²) in [7, 11) is 0. The van der Waals surface area contributed by atoms with Gasteiger partial charge in [0.25, 0.3) is 5.91 Å². The Balaban J connectivity index is 1.76. The van der Waals surface area contributed by atoms with Gasteiger partial charge in [-0.3, -0.25) is 9.69 Å². The zero-order valence-electron chi connectivity index (χ0n) is 18.4. The van der Waals surface area contributed by atoms with Crippen molar-refractivity contribution >= 4 is 11.6 Å². The number of rotatable bonds is 13. The van der Waals surface area contributed by atoms with Crippen molar-refractivity contribution in [1.29, 1.82) is 0 Å². The Morgan fingerprint density at radius 2 is 1.86 bits per heavy atom. The van der Waals surface area contributed by atoms with Crippen LogP contribution in [0.5, 0.6) is 5.75 Å². The first-order chi connectivity index (χ1) is 14.1. The smallest absolute Gasteiger partial charge is 0.256 e. The molecule has 0 spiro atoms. The largest absolute Gasteiger partial charge is 0.494 e. The van der Waals surface area contributed by atoms with Crippen LogP contribution in [0.25, 0.3) is 0 Å². The lowest BCUT2D eigenvalue weighted by molar-refractivity contribution is -0.139. The fourth-order valence-corrected chi connectivity index (χ4v) is 3.48. The molecule has 29 heavy (non-hydrogen) atoms. The number of unbranched alkanes of at least 4 members (excludes halogenated alkanes) is 2. The van der Waals surface area contributed by atoms with Crippen LogP contribution >= 0.6 is 0 Å². The molecule has 1 atom stereocenters. The summed E-state index contributed by atoms with van der Waals surface area (Å²) in [6, 6.07) is 7.57. The summed E-state index contributed by atoms with van der Waals surface area (Å²) in [4.78, 5) is 15.2. The van der Waals surface area contributed by atoms with Crippen LogP contribution < -0.4 is 10.1 Å². The van der Waals surface area contributed by atoms with E-state index in [1.807, 2.05) is 38.1 Å². The van der Waals surface area contributed by atoms with E-state index in [4.69, 9.17) is 14.2 Å². The van der Waals surface area contributed by atoms with Gasteiger partial charge in [-0.1, -0.05) is 26.2 Å². The maximum atomic E-state index is 12.8. The molecule has 1 unspecified atom stereocenters. The summed E-state index contributed by atoms with van der Waals surface area (Å²) in [5.74, 6) is 0.732. The van der Waals surface area contributed by atoms with Gasteiger partial charge >= 0.3 is 0 Å². The van der Waals surface area contributed by atoms with Gasteiger partial charge in [-0.25, -0.2) is 0 Å². The third-order valence-corrected chi connectivity index (χ3v) is 5.30. The highest BCUT2D eigenvalue weighted by Gasteiger charge is 2.33. The zero-order chi connectivity index (χ0) is 21.0. The fraction of sp³-hybridized carbons (Fsp3) is 0.696. The van der Waals surface area contributed by atoms with Crippen molar-refractivity contribution in [2.45, 2.75) is 58.5 Å². The Morgan fingerprint density at radius 1 is 1.14 bits per heavy atom. The minimum absolute atomic E-state index is 0.0883. The van der Waals surface area contributed by atoms with E-state index in [0.29, 0.717) is 13.2 Å². The molecular weight excluding hydrogens is 368 g/mol. The van der Waals surface area contributed by atoms with Gasteiger partial charge < -0.3 is 19.5 Å². The summed E-state index contributed by atoms with van der Waals surface area (Å²) in [6.07, 6.45) is 4.93. The highest BCUT2D eigenvalue weighted by molar-refractivity contribution is 5.97. The number of hydrogen-bond acceptors (Lipinski definition) is 5. The van der Waals surface area contributed by atoms with Crippen LogP contribution in [-0.2, 0) is 14.3 Å². The number of ether oxygens (including phenoxy) is 3. The molecule has 1 fully saturated rings. The van der Waals surface area contributed by atoms with Crippen LogP contribution in [0, 0.1) is 0 Å². The Hall–Kier alpha value is -1.63. The lowest BCUT2D eigenvalue weighted by atomic mass is 9.96. The molecule has 1 aromatic carbocycles. The summed E-state index contributed by atoms with van der Waals surface area (Å²) < 4.78 is 17.0. The number of amides is 1. The second kappa shape index (κ2) is 12.8. The minimum Gasteiger partial charge on any atom is -0.494 e. The summed E-state index contributed by atoms with van der Waals surface area (Å²) in [6.45, 7) is 11.9. The standard InChI is InChI=1S/C23H38N2O4/c1-4-6-7-13-23(3,29-5-2)22(26)24-20-9-11-21(12-10-20)28-17-8-14-25-15-18-27-19-16-25/h9-12H,4-8,13-19H2,1-3H3,(H,24,26). The molecule has 1 aliphatic rings. The van der Waals surface area contributed by atoms with E-state index < -0.39 is 5.60 Å². The molecule has 1 saturated heterocycles. The fourth-order valence-electron chi connectivity index (χ4n) is 3.48. The molecule has 1 amide bonds. The van der Waals surface area contributed by atoms with E-state index in [9.17, 15) is 4.79 Å². The molecule has 164 valence electrons. The van der Waals surface area contributed by atoms with Gasteiger partial charge in [0.05, 0.1) is 19.8 Å². The average Bonchev–Trinajstić information content (AvgIpc) is 2.73. The van der Waals surface area contributed by atoms with Crippen molar-refractivity contribution in [2.24, 2.45) is 0 Å². The number of carbonyl (C=O) groups excluding carboxylic acids is 1. The maximum absolute atomic E-state index is 12.8. The Labute approximate surface area is 175 Å². The first kappa shape index (κ1) is 23.6. The van der Waals surface area contributed by atoms with Crippen molar-refractivity contribution in [3.05, 3.63) is 24.3 Å². The summed E-state index contributed by atoms with van der Waals surface area (Å²) >= 11 is 0. The second-order valence-electron chi connectivity index (χ2n) is 7.76. The van der Waals surface area contributed by atoms with Crippen LogP contribution in [0.4, 0.5) is 5.69 Å². The van der Waals surface area contributed by atoms with Crippen LogP contribution in [-0.4, -0.2) is 62.5 Å². The Bertz CT molecular complexity index is 587. The number of morpholine rings is 1. The van der Waals surface area contributed by atoms with Gasteiger partial charge in [-0.15, -0.1) is 0 Å². The molecule has 1 aromatic rings. The van der Waals surface area contributed by atoms with Gasteiger partial charge in [-0.2, -0.15) is 0 Å². The van der Waals surface area contributed by atoms with Crippen LogP contribution in [0.1, 0.15) is 52.9 Å². The van der Waals surface area contributed by atoms with Crippen molar-refractivity contribution in [2.75, 3.05) is 51.4 Å². The average molecular weight is 407 g/mol. The van der Waals surface area contributed by atoms with E-state index in [-0.39, 0.29) is 5.91 Å². The second-order valence-corrected chi connectivity index (χ2v) is 7.76. The van der Waals surface area contributed by atoms with Crippen molar-refractivity contribution in [3.8, 4) is 5.75 Å². The quantitative estimate of drug-likeness (QED) is 0.500. The van der Waals surface area contributed by atoms with E-state index in [1.165, 1.54) is 0 Å². The van der Waals surface area contributed by atoms with E-state index >= 15 is 0 Å². The zero-order valence-corrected chi connectivity index (χ0v) is 18.4. The van der Waals surface area contributed by atoms with Gasteiger partial charge in [0, 0.05) is 31.9 Å². The lowest BCUT2D eigenvalue weighted by Crippen LogP contribution is -2.42. The van der Waals surface area contributed by atoms with E-state index in [2.05, 4.69) is 17.1 Å². The lowest BCUT2D eigenvalue weighted by Gasteiger charge is -2.28.